The van der Waals surface area contributed by atoms with Gasteiger partial charge in [0.05, 0.1) is 5.69 Å². The van der Waals surface area contributed by atoms with Gasteiger partial charge < -0.3 is 14.5 Å². The maximum absolute atomic E-state index is 12.5. The third kappa shape index (κ3) is 3.80. The summed E-state index contributed by atoms with van der Waals surface area (Å²) in [6, 6.07) is 17.5. The third-order valence-electron chi connectivity index (χ3n) is 4.81. The minimum Gasteiger partial charge on any atom is -0.484 e. The molecule has 0 bridgehead atoms. The second-order valence-corrected chi connectivity index (χ2v) is 6.65. The molecule has 2 heterocycles. The van der Waals surface area contributed by atoms with Crippen molar-refractivity contribution in [2.75, 3.05) is 37.7 Å². The van der Waals surface area contributed by atoms with Crippen molar-refractivity contribution < 1.29 is 9.53 Å². The van der Waals surface area contributed by atoms with Gasteiger partial charge in [0.15, 0.2) is 6.61 Å². The van der Waals surface area contributed by atoms with E-state index < -0.39 is 0 Å². The van der Waals surface area contributed by atoms with Gasteiger partial charge in [-0.05, 0) is 41.1 Å². The molecule has 0 N–H and O–H groups in total. The van der Waals surface area contributed by atoms with E-state index in [2.05, 4.69) is 20.4 Å². The molecule has 0 atom stereocenters. The Morgan fingerprint density at radius 1 is 1.00 bits per heavy atom. The quantitative estimate of drug-likeness (QED) is 0.673. The number of benzene rings is 2. The van der Waals surface area contributed by atoms with Crippen LogP contribution in [0.2, 0.25) is 0 Å². The van der Waals surface area contributed by atoms with Crippen LogP contribution in [0.1, 0.15) is 5.56 Å². The lowest BCUT2D eigenvalue weighted by Gasteiger charge is -2.34. The molecular formula is C20H22N6O2. The van der Waals surface area contributed by atoms with Crippen LogP contribution in [-0.4, -0.2) is 63.8 Å². The van der Waals surface area contributed by atoms with Gasteiger partial charge in [0.2, 0.25) is 5.95 Å². The number of piperazine rings is 1. The van der Waals surface area contributed by atoms with E-state index in [1.165, 1.54) is 0 Å². The van der Waals surface area contributed by atoms with Crippen molar-refractivity contribution in [2.45, 2.75) is 6.92 Å². The minimum absolute atomic E-state index is 0.00875. The first kappa shape index (κ1) is 18.0. The molecule has 28 heavy (non-hydrogen) atoms. The Bertz CT molecular complexity index is 935. The highest BCUT2D eigenvalue weighted by atomic mass is 16.5. The first-order valence-corrected chi connectivity index (χ1v) is 9.27. The minimum atomic E-state index is -0.00875. The number of hydrogen-bond acceptors (Lipinski definition) is 6. The summed E-state index contributed by atoms with van der Waals surface area (Å²) in [5.41, 5.74) is 1.93. The fraction of sp³-hybridized carbons (Fsp3) is 0.300. The van der Waals surface area contributed by atoms with Crippen molar-refractivity contribution in [3.8, 4) is 11.4 Å². The predicted molar refractivity (Wildman–Crippen MR) is 105 cm³/mol. The topological polar surface area (TPSA) is 76.4 Å². The highest BCUT2D eigenvalue weighted by Crippen LogP contribution is 2.18. The van der Waals surface area contributed by atoms with Gasteiger partial charge >= 0.3 is 0 Å². The Kier molecular flexibility index (Phi) is 5.18. The number of carbonyl (C=O) groups excluding carboxylic acids is 1. The lowest BCUT2D eigenvalue weighted by atomic mass is 10.2. The van der Waals surface area contributed by atoms with E-state index in [0.29, 0.717) is 32.1 Å². The summed E-state index contributed by atoms with van der Waals surface area (Å²) in [5, 5.41) is 12.1. The highest BCUT2D eigenvalue weighted by molar-refractivity contribution is 5.78. The molecule has 1 aliphatic rings. The number of aromatic nitrogens is 4. The summed E-state index contributed by atoms with van der Waals surface area (Å²) < 4.78 is 7.41. The molecule has 2 aromatic carbocycles. The van der Waals surface area contributed by atoms with E-state index >= 15 is 0 Å². The molecule has 0 radical (unpaired) electrons. The average Bonchev–Trinajstić information content (AvgIpc) is 3.24. The second-order valence-electron chi connectivity index (χ2n) is 6.65. The molecule has 4 rings (SSSR count). The molecule has 144 valence electrons. The van der Waals surface area contributed by atoms with Crippen LogP contribution in [0, 0.1) is 6.92 Å². The van der Waals surface area contributed by atoms with Crippen molar-refractivity contribution in [2.24, 2.45) is 0 Å². The number of anilines is 1. The van der Waals surface area contributed by atoms with Gasteiger partial charge in [-0.2, -0.15) is 4.68 Å². The first-order chi connectivity index (χ1) is 13.7. The lowest BCUT2D eigenvalue weighted by molar-refractivity contribution is -0.133. The number of nitrogens with zero attached hydrogens (tertiary/aromatic N) is 6. The fourth-order valence-corrected chi connectivity index (χ4v) is 3.22. The van der Waals surface area contributed by atoms with Gasteiger partial charge in [-0.1, -0.05) is 41.5 Å². The number of rotatable bonds is 5. The van der Waals surface area contributed by atoms with Crippen LogP contribution in [0.4, 0.5) is 5.95 Å². The van der Waals surface area contributed by atoms with Crippen molar-refractivity contribution in [1.29, 1.82) is 0 Å². The maximum Gasteiger partial charge on any atom is 0.260 e. The summed E-state index contributed by atoms with van der Waals surface area (Å²) in [7, 11) is 0. The highest BCUT2D eigenvalue weighted by Gasteiger charge is 2.25. The van der Waals surface area contributed by atoms with Crippen molar-refractivity contribution in [1.82, 2.24) is 25.1 Å². The standard InChI is InChI=1S/C20H22N6O2/c1-16-7-5-6-10-18(16)28-15-19(27)24-11-13-25(14-12-24)20-21-22-23-26(20)17-8-3-2-4-9-17/h2-10H,11-15H2,1H3. The van der Waals surface area contributed by atoms with Crippen LogP contribution in [0.25, 0.3) is 5.69 Å². The second kappa shape index (κ2) is 8.08. The maximum atomic E-state index is 12.5. The molecule has 8 nitrogen and oxygen atoms in total. The van der Waals surface area contributed by atoms with Gasteiger partial charge in [0, 0.05) is 26.2 Å². The number of ether oxygens (including phenoxy) is 1. The SMILES string of the molecule is Cc1ccccc1OCC(=O)N1CCN(c2nnnn2-c2ccccc2)CC1. The number of carbonyl (C=O) groups is 1. The predicted octanol–water partition coefficient (Wildman–Crippen LogP) is 1.70. The normalized spacial score (nSPS) is 14.2. The van der Waals surface area contributed by atoms with Gasteiger partial charge in [-0.3, -0.25) is 4.79 Å². The van der Waals surface area contributed by atoms with Crippen molar-refractivity contribution in [3.05, 3.63) is 60.2 Å². The molecule has 8 heteroatoms. The van der Waals surface area contributed by atoms with Crippen molar-refractivity contribution >= 4 is 11.9 Å². The van der Waals surface area contributed by atoms with E-state index in [4.69, 9.17) is 4.74 Å². The first-order valence-electron chi connectivity index (χ1n) is 9.27. The Hall–Kier alpha value is -3.42. The van der Waals surface area contributed by atoms with Gasteiger partial charge in [-0.25, -0.2) is 0 Å². The molecule has 1 saturated heterocycles. The van der Waals surface area contributed by atoms with Crippen molar-refractivity contribution in [3.63, 3.8) is 0 Å². The summed E-state index contributed by atoms with van der Waals surface area (Å²) in [5.74, 6) is 1.43. The summed E-state index contributed by atoms with van der Waals surface area (Å²) >= 11 is 0. The van der Waals surface area contributed by atoms with Crippen LogP contribution in [0.3, 0.4) is 0 Å². The molecule has 0 aliphatic carbocycles. The van der Waals surface area contributed by atoms with Crippen LogP contribution < -0.4 is 9.64 Å². The number of hydrogen-bond donors (Lipinski definition) is 0. The number of tetrazole rings is 1. The van der Waals surface area contributed by atoms with Crippen LogP contribution in [0.15, 0.2) is 54.6 Å². The molecule has 1 fully saturated rings. The largest absolute Gasteiger partial charge is 0.484 e. The fourth-order valence-electron chi connectivity index (χ4n) is 3.22. The van der Waals surface area contributed by atoms with Gasteiger partial charge in [0.25, 0.3) is 5.91 Å². The van der Waals surface area contributed by atoms with E-state index in [9.17, 15) is 4.79 Å². The van der Waals surface area contributed by atoms with E-state index in [1.54, 1.807) is 4.68 Å². The third-order valence-corrected chi connectivity index (χ3v) is 4.81. The Labute approximate surface area is 163 Å². The van der Waals surface area contributed by atoms with Crippen LogP contribution >= 0.6 is 0 Å². The van der Waals surface area contributed by atoms with E-state index in [1.807, 2.05) is 66.4 Å². The van der Waals surface area contributed by atoms with E-state index in [0.717, 1.165) is 17.0 Å². The zero-order chi connectivity index (χ0) is 19.3. The van der Waals surface area contributed by atoms with Gasteiger partial charge in [-0.15, -0.1) is 0 Å². The molecular weight excluding hydrogens is 356 g/mol. The van der Waals surface area contributed by atoms with Crippen LogP contribution in [-0.2, 0) is 4.79 Å². The number of amides is 1. The van der Waals surface area contributed by atoms with Crippen LogP contribution in [0.5, 0.6) is 5.75 Å². The molecule has 1 amide bonds. The molecule has 0 spiro atoms. The Morgan fingerprint density at radius 3 is 2.46 bits per heavy atom. The summed E-state index contributed by atoms with van der Waals surface area (Å²) in [4.78, 5) is 16.4. The smallest absolute Gasteiger partial charge is 0.260 e. The monoisotopic (exact) mass is 378 g/mol. The molecule has 0 saturated carbocycles. The number of para-hydroxylation sites is 2. The Morgan fingerprint density at radius 2 is 1.71 bits per heavy atom. The lowest BCUT2D eigenvalue weighted by Crippen LogP contribution is -2.50. The number of aryl methyl sites for hydroxylation is 1. The Balaban J connectivity index is 1.35. The zero-order valence-corrected chi connectivity index (χ0v) is 15.7. The van der Waals surface area contributed by atoms with E-state index in [-0.39, 0.29) is 12.5 Å². The summed E-state index contributed by atoms with van der Waals surface area (Å²) in [6.07, 6.45) is 0. The average molecular weight is 378 g/mol. The zero-order valence-electron chi connectivity index (χ0n) is 15.7. The molecule has 1 aromatic heterocycles. The molecule has 0 unspecified atom stereocenters. The molecule has 3 aromatic rings. The molecule has 1 aliphatic heterocycles. The summed E-state index contributed by atoms with van der Waals surface area (Å²) in [6.45, 7) is 4.57. The van der Waals surface area contributed by atoms with Gasteiger partial charge in [0.1, 0.15) is 5.75 Å².